The van der Waals surface area contributed by atoms with Gasteiger partial charge in [0.2, 0.25) is 5.91 Å². The Morgan fingerprint density at radius 1 is 1.67 bits per heavy atom. The molecule has 1 aromatic heterocycles. The van der Waals surface area contributed by atoms with E-state index in [1.807, 2.05) is 13.0 Å². The van der Waals surface area contributed by atoms with Crippen molar-refractivity contribution in [3.05, 3.63) is 20.8 Å². The molecule has 82 valence electrons. The number of nitrogens with one attached hydrogen (secondary N) is 1. The Labute approximate surface area is 102 Å². The first-order valence-corrected chi connectivity index (χ1v) is 6.50. The normalized spacial score (nSPS) is 22.8. The molecule has 1 fully saturated rings. The molecule has 2 rings (SSSR count). The van der Waals surface area contributed by atoms with Gasteiger partial charge >= 0.3 is 0 Å². The summed E-state index contributed by atoms with van der Waals surface area (Å²) in [7, 11) is 0. The third-order valence-corrected chi connectivity index (χ3v) is 3.92. The number of amides is 1. The van der Waals surface area contributed by atoms with Crippen LogP contribution >= 0.6 is 27.3 Å². The number of rotatable bonds is 2. The summed E-state index contributed by atoms with van der Waals surface area (Å²) >= 11 is 5.17. The van der Waals surface area contributed by atoms with Crippen molar-refractivity contribution in [3.8, 4) is 0 Å². The topological polar surface area (TPSA) is 32.3 Å². The van der Waals surface area contributed by atoms with Gasteiger partial charge in [0.1, 0.15) is 0 Å². The van der Waals surface area contributed by atoms with E-state index in [2.05, 4.69) is 32.2 Å². The zero-order valence-corrected chi connectivity index (χ0v) is 10.9. The molecule has 1 N–H and O–H groups in total. The van der Waals surface area contributed by atoms with E-state index in [9.17, 15) is 4.79 Å². The Bertz CT molecular complexity index is 366. The zero-order chi connectivity index (χ0) is 10.8. The van der Waals surface area contributed by atoms with Gasteiger partial charge in [-0.2, -0.15) is 0 Å². The van der Waals surface area contributed by atoms with Crippen LogP contribution in [0.1, 0.15) is 11.8 Å². The Kier molecular flexibility index (Phi) is 3.43. The summed E-state index contributed by atoms with van der Waals surface area (Å²) in [4.78, 5) is 14.8. The Balaban J connectivity index is 1.97. The molecule has 0 radical (unpaired) electrons. The summed E-state index contributed by atoms with van der Waals surface area (Å²) in [5.41, 5.74) is 0. The third kappa shape index (κ3) is 3.03. The highest BCUT2D eigenvalue weighted by molar-refractivity contribution is 9.11. The van der Waals surface area contributed by atoms with Crippen molar-refractivity contribution in [2.75, 3.05) is 13.1 Å². The minimum absolute atomic E-state index is 0.129. The summed E-state index contributed by atoms with van der Waals surface area (Å²) < 4.78 is 1.15. The molecule has 15 heavy (non-hydrogen) atoms. The Morgan fingerprint density at radius 2 is 2.47 bits per heavy atom. The second-order valence-electron chi connectivity index (χ2n) is 3.84. The maximum atomic E-state index is 11.3. The van der Waals surface area contributed by atoms with Gasteiger partial charge in [0.15, 0.2) is 0 Å². The van der Waals surface area contributed by atoms with Gasteiger partial charge in [0.05, 0.1) is 10.3 Å². The number of carbonyl (C=O) groups excluding carboxylic acids is 1. The number of piperazine rings is 1. The molecular weight excluding hydrogens is 276 g/mol. The van der Waals surface area contributed by atoms with Gasteiger partial charge in [-0.1, -0.05) is 0 Å². The van der Waals surface area contributed by atoms with E-state index in [1.54, 1.807) is 11.3 Å². The van der Waals surface area contributed by atoms with Crippen LogP contribution in [0.5, 0.6) is 0 Å². The van der Waals surface area contributed by atoms with Crippen LogP contribution in [0.4, 0.5) is 0 Å². The summed E-state index contributed by atoms with van der Waals surface area (Å²) in [5.74, 6) is 0.129. The van der Waals surface area contributed by atoms with Crippen LogP contribution in [-0.4, -0.2) is 29.9 Å². The van der Waals surface area contributed by atoms with Crippen LogP contribution in [0, 0.1) is 0 Å². The lowest BCUT2D eigenvalue weighted by Gasteiger charge is -2.30. The van der Waals surface area contributed by atoms with Crippen molar-refractivity contribution in [2.24, 2.45) is 0 Å². The molecule has 0 bridgehead atoms. The molecule has 1 unspecified atom stereocenters. The Hall–Kier alpha value is -0.390. The second-order valence-corrected chi connectivity index (χ2v) is 6.39. The van der Waals surface area contributed by atoms with Crippen molar-refractivity contribution in [2.45, 2.75) is 19.5 Å². The highest BCUT2D eigenvalue weighted by atomic mass is 79.9. The molecule has 5 heteroatoms. The third-order valence-electron chi connectivity index (χ3n) is 2.31. The molecule has 3 nitrogen and oxygen atoms in total. The van der Waals surface area contributed by atoms with Gasteiger partial charge in [0.25, 0.3) is 0 Å². The van der Waals surface area contributed by atoms with Crippen molar-refractivity contribution < 1.29 is 4.79 Å². The van der Waals surface area contributed by atoms with Gasteiger partial charge in [-0.3, -0.25) is 9.69 Å². The van der Waals surface area contributed by atoms with Gasteiger partial charge in [-0.05, 0) is 35.0 Å². The van der Waals surface area contributed by atoms with E-state index in [-0.39, 0.29) is 11.9 Å². The van der Waals surface area contributed by atoms with Gasteiger partial charge in [-0.15, -0.1) is 11.3 Å². The summed E-state index contributed by atoms with van der Waals surface area (Å²) in [6.07, 6.45) is 0. The van der Waals surface area contributed by atoms with Gasteiger partial charge in [0, 0.05) is 24.0 Å². The summed E-state index contributed by atoms with van der Waals surface area (Å²) in [6, 6.07) is 4.41. The van der Waals surface area contributed by atoms with E-state index >= 15 is 0 Å². The van der Waals surface area contributed by atoms with Crippen LogP contribution in [0.3, 0.4) is 0 Å². The van der Waals surface area contributed by atoms with Crippen LogP contribution in [0.2, 0.25) is 0 Å². The van der Waals surface area contributed by atoms with E-state index in [1.165, 1.54) is 4.88 Å². The molecule has 0 spiro atoms. The van der Waals surface area contributed by atoms with Crippen LogP contribution in [0.15, 0.2) is 15.9 Å². The molecule has 0 aliphatic carbocycles. The van der Waals surface area contributed by atoms with Crippen LogP contribution in [0.25, 0.3) is 0 Å². The number of carbonyl (C=O) groups is 1. The fourth-order valence-corrected chi connectivity index (χ4v) is 3.32. The lowest BCUT2D eigenvalue weighted by atomic mass is 10.2. The highest BCUT2D eigenvalue weighted by Crippen LogP contribution is 2.23. The quantitative estimate of drug-likeness (QED) is 0.901. The SMILES string of the molecule is CC1CN(Cc2ccc(Br)s2)CC(=O)N1. The average Bonchev–Trinajstić information content (AvgIpc) is 2.49. The predicted molar refractivity (Wildman–Crippen MR) is 64.9 cm³/mol. The highest BCUT2D eigenvalue weighted by Gasteiger charge is 2.21. The van der Waals surface area contributed by atoms with Crippen LogP contribution in [-0.2, 0) is 11.3 Å². The molecule has 1 aliphatic rings. The molecule has 1 saturated heterocycles. The molecule has 0 aromatic carbocycles. The fourth-order valence-electron chi connectivity index (χ4n) is 1.80. The number of halogens is 1. The minimum Gasteiger partial charge on any atom is -0.351 e. The first kappa shape index (κ1) is 11.1. The van der Waals surface area contributed by atoms with E-state index in [0.717, 1.165) is 16.9 Å². The number of hydrogen-bond acceptors (Lipinski definition) is 3. The smallest absolute Gasteiger partial charge is 0.234 e. The maximum absolute atomic E-state index is 11.3. The minimum atomic E-state index is 0.129. The molecule has 1 aromatic rings. The largest absolute Gasteiger partial charge is 0.351 e. The van der Waals surface area contributed by atoms with Crippen molar-refractivity contribution >= 4 is 33.2 Å². The average molecular weight is 289 g/mol. The molecular formula is C10H13BrN2OS. The molecule has 0 saturated carbocycles. The van der Waals surface area contributed by atoms with E-state index in [4.69, 9.17) is 0 Å². The second kappa shape index (κ2) is 4.63. The van der Waals surface area contributed by atoms with E-state index < -0.39 is 0 Å². The first-order valence-electron chi connectivity index (χ1n) is 4.89. The lowest BCUT2D eigenvalue weighted by molar-refractivity contribution is -0.125. The van der Waals surface area contributed by atoms with E-state index in [0.29, 0.717) is 6.54 Å². The summed E-state index contributed by atoms with van der Waals surface area (Å²) in [5, 5.41) is 2.91. The molecule has 1 aliphatic heterocycles. The molecule has 1 amide bonds. The summed E-state index contributed by atoms with van der Waals surface area (Å²) in [6.45, 7) is 4.35. The first-order chi connectivity index (χ1) is 7.13. The van der Waals surface area contributed by atoms with Crippen molar-refractivity contribution in [1.82, 2.24) is 10.2 Å². The Morgan fingerprint density at radius 3 is 3.07 bits per heavy atom. The molecule has 1 atom stereocenters. The monoisotopic (exact) mass is 288 g/mol. The van der Waals surface area contributed by atoms with Gasteiger partial charge in [-0.25, -0.2) is 0 Å². The standard InChI is InChI=1S/C10H13BrN2OS/c1-7-4-13(6-10(14)12-7)5-8-2-3-9(11)15-8/h2-3,7H,4-6H2,1H3,(H,12,14). The predicted octanol–water partition coefficient (Wildman–Crippen LogP) is 1.83. The lowest BCUT2D eigenvalue weighted by Crippen LogP contribution is -2.52. The number of hydrogen-bond donors (Lipinski definition) is 1. The van der Waals surface area contributed by atoms with Crippen molar-refractivity contribution in [3.63, 3.8) is 0 Å². The zero-order valence-electron chi connectivity index (χ0n) is 8.50. The molecule has 2 heterocycles. The van der Waals surface area contributed by atoms with Gasteiger partial charge < -0.3 is 5.32 Å². The number of nitrogens with zero attached hydrogens (tertiary/aromatic N) is 1. The fraction of sp³-hybridized carbons (Fsp3) is 0.500. The number of thiophene rings is 1. The van der Waals surface area contributed by atoms with Crippen molar-refractivity contribution in [1.29, 1.82) is 0 Å². The maximum Gasteiger partial charge on any atom is 0.234 e. The van der Waals surface area contributed by atoms with Crippen LogP contribution < -0.4 is 5.32 Å².